The molecule has 1 aliphatic heterocycles. The second-order valence-electron chi connectivity index (χ2n) is 4.02. The summed E-state index contributed by atoms with van der Waals surface area (Å²) < 4.78 is 0. The quantitative estimate of drug-likeness (QED) is 0.855. The Morgan fingerprint density at radius 2 is 2.38 bits per heavy atom. The van der Waals surface area contributed by atoms with E-state index in [0.717, 1.165) is 31.1 Å². The number of hydrogen-bond acceptors (Lipinski definition) is 5. The van der Waals surface area contributed by atoms with Crippen molar-refractivity contribution in [2.75, 3.05) is 30.8 Å². The molecule has 1 aromatic heterocycles. The lowest BCUT2D eigenvalue weighted by molar-refractivity contribution is 0.752. The Morgan fingerprint density at radius 3 is 3.00 bits per heavy atom. The van der Waals surface area contributed by atoms with Crippen LogP contribution in [-0.2, 0) is 6.54 Å². The van der Waals surface area contributed by atoms with Gasteiger partial charge in [0.05, 0.1) is 18.1 Å². The van der Waals surface area contributed by atoms with Gasteiger partial charge in [-0.3, -0.25) is 4.98 Å². The van der Waals surface area contributed by atoms with Crippen LogP contribution in [0.4, 0.5) is 5.82 Å². The van der Waals surface area contributed by atoms with Crippen LogP contribution in [0.5, 0.6) is 0 Å². The van der Waals surface area contributed by atoms with Gasteiger partial charge in [-0.1, -0.05) is 6.92 Å². The van der Waals surface area contributed by atoms with Gasteiger partial charge in [0, 0.05) is 30.6 Å². The van der Waals surface area contributed by atoms with Gasteiger partial charge in [-0.05, 0) is 7.05 Å². The summed E-state index contributed by atoms with van der Waals surface area (Å²) in [5.41, 5.74) is 0.991. The minimum atomic E-state index is 0.688. The molecule has 4 nitrogen and oxygen atoms in total. The zero-order valence-corrected chi connectivity index (χ0v) is 10.6. The van der Waals surface area contributed by atoms with Gasteiger partial charge < -0.3 is 10.2 Å². The van der Waals surface area contributed by atoms with E-state index in [-0.39, 0.29) is 0 Å². The van der Waals surface area contributed by atoms with Gasteiger partial charge in [-0.25, -0.2) is 4.98 Å². The summed E-state index contributed by atoms with van der Waals surface area (Å²) in [7, 11) is 1.92. The van der Waals surface area contributed by atoms with Crippen molar-refractivity contribution in [3.05, 3.63) is 18.1 Å². The third-order valence-corrected chi connectivity index (χ3v) is 3.75. The van der Waals surface area contributed by atoms with Gasteiger partial charge in [0.1, 0.15) is 5.82 Å². The topological polar surface area (TPSA) is 41.1 Å². The monoisotopic (exact) mass is 238 g/mol. The van der Waals surface area contributed by atoms with E-state index in [1.807, 2.05) is 31.2 Å². The maximum Gasteiger partial charge on any atom is 0.147 e. The van der Waals surface area contributed by atoms with Crippen LogP contribution in [0.1, 0.15) is 12.6 Å². The minimum Gasteiger partial charge on any atom is -0.353 e. The Balaban J connectivity index is 2.03. The van der Waals surface area contributed by atoms with E-state index >= 15 is 0 Å². The Bertz CT molecular complexity index is 327. The maximum atomic E-state index is 4.47. The molecule has 2 rings (SSSR count). The Hall–Kier alpha value is -0.810. The van der Waals surface area contributed by atoms with Gasteiger partial charge in [-0.2, -0.15) is 11.8 Å². The first-order valence-electron chi connectivity index (χ1n) is 5.61. The van der Waals surface area contributed by atoms with Crippen molar-refractivity contribution < 1.29 is 0 Å². The molecule has 2 heterocycles. The number of rotatable bonds is 3. The molecule has 16 heavy (non-hydrogen) atoms. The molecule has 0 saturated carbocycles. The van der Waals surface area contributed by atoms with Crippen LogP contribution in [-0.4, -0.2) is 41.1 Å². The molecule has 1 fully saturated rings. The molecular formula is C11H18N4S. The van der Waals surface area contributed by atoms with E-state index in [9.17, 15) is 0 Å². The highest BCUT2D eigenvalue weighted by atomic mass is 32.2. The van der Waals surface area contributed by atoms with Crippen molar-refractivity contribution in [1.29, 1.82) is 0 Å². The fourth-order valence-corrected chi connectivity index (χ4v) is 2.82. The first-order chi connectivity index (χ1) is 7.79. The van der Waals surface area contributed by atoms with Crippen molar-refractivity contribution in [2.45, 2.75) is 18.7 Å². The summed E-state index contributed by atoms with van der Waals surface area (Å²) in [6.45, 7) is 5.19. The van der Waals surface area contributed by atoms with Crippen LogP contribution in [0.3, 0.4) is 0 Å². The van der Waals surface area contributed by atoms with Crippen LogP contribution >= 0.6 is 11.8 Å². The van der Waals surface area contributed by atoms with E-state index in [1.54, 1.807) is 0 Å². The molecule has 88 valence electrons. The number of nitrogens with one attached hydrogen (secondary N) is 1. The summed E-state index contributed by atoms with van der Waals surface area (Å²) in [4.78, 5) is 11.2. The Labute approximate surface area is 101 Å². The summed E-state index contributed by atoms with van der Waals surface area (Å²) in [6.07, 6.45) is 3.74. The smallest absolute Gasteiger partial charge is 0.147 e. The largest absolute Gasteiger partial charge is 0.353 e. The van der Waals surface area contributed by atoms with Crippen LogP contribution in [0.15, 0.2) is 12.4 Å². The number of nitrogens with zero attached hydrogens (tertiary/aromatic N) is 3. The lowest BCUT2D eigenvalue weighted by Gasteiger charge is -2.31. The van der Waals surface area contributed by atoms with Crippen molar-refractivity contribution in [3.8, 4) is 0 Å². The van der Waals surface area contributed by atoms with Crippen molar-refractivity contribution >= 4 is 17.6 Å². The van der Waals surface area contributed by atoms with Gasteiger partial charge in [0.15, 0.2) is 0 Å². The first kappa shape index (κ1) is 11.7. The molecule has 0 amide bonds. The lowest BCUT2D eigenvalue weighted by Crippen LogP contribution is -2.37. The van der Waals surface area contributed by atoms with E-state index in [2.05, 4.69) is 27.1 Å². The van der Waals surface area contributed by atoms with Crippen LogP contribution in [0, 0.1) is 0 Å². The van der Waals surface area contributed by atoms with E-state index < -0.39 is 0 Å². The van der Waals surface area contributed by atoms with Crippen LogP contribution < -0.4 is 10.2 Å². The molecular weight excluding hydrogens is 220 g/mol. The second-order valence-corrected chi connectivity index (χ2v) is 5.57. The molecule has 0 aromatic carbocycles. The van der Waals surface area contributed by atoms with Crippen LogP contribution in [0.25, 0.3) is 0 Å². The number of aromatic nitrogens is 2. The van der Waals surface area contributed by atoms with E-state index in [1.165, 1.54) is 5.75 Å². The van der Waals surface area contributed by atoms with Gasteiger partial charge in [0.25, 0.3) is 0 Å². The highest BCUT2D eigenvalue weighted by Gasteiger charge is 2.17. The second kappa shape index (κ2) is 5.50. The zero-order valence-electron chi connectivity index (χ0n) is 9.81. The molecule has 1 aliphatic rings. The molecule has 1 atom stereocenters. The summed E-state index contributed by atoms with van der Waals surface area (Å²) in [5, 5.41) is 3.76. The molecule has 1 saturated heterocycles. The number of thioether (sulfide) groups is 1. The molecule has 0 spiro atoms. The third-order valence-electron chi connectivity index (χ3n) is 2.61. The normalized spacial score (nSPS) is 21.1. The molecule has 1 unspecified atom stereocenters. The van der Waals surface area contributed by atoms with Gasteiger partial charge >= 0.3 is 0 Å². The molecule has 1 aromatic rings. The average Bonchev–Trinajstić information content (AvgIpc) is 2.30. The predicted molar refractivity (Wildman–Crippen MR) is 68.9 cm³/mol. The summed E-state index contributed by atoms with van der Waals surface area (Å²) >= 11 is 2.03. The molecule has 1 N–H and O–H groups in total. The average molecular weight is 238 g/mol. The van der Waals surface area contributed by atoms with Crippen LogP contribution in [0.2, 0.25) is 0 Å². The SMILES string of the molecule is CNCc1cnc(N2CCSC(C)C2)cn1. The van der Waals surface area contributed by atoms with Gasteiger partial charge in [-0.15, -0.1) is 0 Å². The Kier molecular flexibility index (Phi) is 4.01. The summed E-state index contributed by atoms with van der Waals surface area (Å²) in [5.74, 6) is 2.19. The molecule has 0 radical (unpaired) electrons. The molecule has 5 heteroatoms. The van der Waals surface area contributed by atoms with E-state index in [4.69, 9.17) is 0 Å². The molecule has 0 aliphatic carbocycles. The minimum absolute atomic E-state index is 0.688. The fourth-order valence-electron chi connectivity index (χ4n) is 1.81. The maximum absolute atomic E-state index is 4.47. The van der Waals surface area contributed by atoms with Crippen molar-refractivity contribution in [3.63, 3.8) is 0 Å². The number of anilines is 1. The predicted octanol–water partition coefficient (Wildman–Crippen LogP) is 1.14. The highest BCUT2D eigenvalue weighted by Crippen LogP contribution is 2.21. The molecule has 0 bridgehead atoms. The highest BCUT2D eigenvalue weighted by molar-refractivity contribution is 8.00. The lowest BCUT2D eigenvalue weighted by atomic mass is 10.3. The number of hydrogen-bond donors (Lipinski definition) is 1. The standard InChI is InChI=1S/C11H18N4S/c1-9-8-15(3-4-16-9)11-7-13-10(5-12-2)6-14-11/h6-7,9,12H,3-5,8H2,1-2H3. The van der Waals surface area contributed by atoms with Gasteiger partial charge in [0.2, 0.25) is 0 Å². The van der Waals surface area contributed by atoms with Crippen molar-refractivity contribution in [1.82, 2.24) is 15.3 Å². The van der Waals surface area contributed by atoms with Crippen molar-refractivity contribution in [2.24, 2.45) is 0 Å². The van der Waals surface area contributed by atoms with E-state index in [0.29, 0.717) is 5.25 Å². The third kappa shape index (κ3) is 2.86. The Morgan fingerprint density at radius 1 is 1.50 bits per heavy atom. The zero-order chi connectivity index (χ0) is 11.4. The summed E-state index contributed by atoms with van der Waals surface area (Å²) in [6, 6.07) is 0. The fraction of sp³-hybridized carbons (Fsp3) is 0.636. The first-order valence-corrected chi connectivity index (χ1v) is 6.66.